The average molecular weight is 328 g/mol. The average Bonchev–Trinajstić information content (AvgIpc) is 2.87. The Morgan fingerprint density at radius 2 is 2.38 bits per heavy atom. The van der Waals surface area contributed by atoms with Crippen molar-refractivity contribution in [3.63, 3.8) is 0 Å². The van der Waals surface area contributed by atoms with Crippen LogP contribution in [0.1, 0.15) is 11.7 Å². The van der Waals surface area contributed by atoms with Gasteiger partial charge in [-0.3, -0.25) is 0 Å². The van der Waals surface area contributed by atoms with Crippen LogP contribution in [-0.2, 0) is 14.3 Å². The smallest absolute Gasteiger partial charge is 0.332 e. The zero-order valence-corrected chi connectivity index (χ0v) is 12.9. The quantitative estimate of drug-likeness (QED) is 0.509. The van der Waals surface area contributed by atoms with Crippen molar-refractivity contribution in [3.8, 4) is 5.75 Å². The van der Waals surface area contributed by atoms with Gasteiger partial charge in [-0.25, -0.2) is 4.79 Å². The maximum atomic E-state index is 11.7. The van der Waals surface area contributed by atoms with Crippen molar-refractivity contribution in [1.29, 1.82) is 0 Å². The van der Waals surface area contributed by atoms with E-state index in [1.807, 2.05) is 0 Å². The van der Waals surface area contributed by atoms with Crippen LogP contribution in [0.25, 0.3) is 0 Å². The highest BCUT2D eigenvalue weighted by Gasteiger charge is 2.39. The Balaban J connectivity index is 2.24. The number of carbonyl (C=O) groups excluding carboxylic acids is 1. The maximum absolute atomic E-state index is 11.7. The Morgan fingerprint density at radius 3 is 3.00 bits per heavy atom. The fourth-order valence-corrected chi connectivity index (χ4v) is 2.42. The van der Waals surface area contributed by atoms with Gasteiger partial charge in [0.05, 0.1) is 12.1 Å². The number of hydrogen-bond acceptors (Lipinski definition) is 5. The summed E-state index contributed by atoms with van der Waals surface area (Å²) in [6.45, 7) is 3.93. The molecule has 7 heteroatoms. The van der Waals surface area contributed by atoms with E-state index < -0.39 is 18.1 Å². The zero-order valence-electron chi connectivity index (χ0n) is 11.3. The van der Waals surface area contributed by atoms with E-state index in [2.05, 4.69) is 11.9 Å². The van der Waals surface area contributed by atoms with Gasteiger partial charge in [-0.15, -0.1) is 0 Å². The fraction of sp³-hybridized carbons (Fsp3) is 0.286. The van der Waals surface area contributed by atoms with Crippen LogP contribution in [0.15, 0.2) is 30.9 Å². The third-order valence-corrected chi connectivity index (χ3v) is 3.42. The first-order valence-electron chi connectivity index (χ1n) is 6.15. The third kappa shape index (κ3) is 3.46. The number of thiocarbonyl (C=S) groups is 1. The highest BCUT2D eigenvalue weighted by molar-refractivity contribution is 7.80. The second-order valence-corrected chi connectivity index (χ2v) is 5.04. The summed E-state index contributed by atoms with van der Waals surface area (Å²) in [4.78, 5) is 11.7. The molecule has 2 rings (SSSR count). The van der Waals surface area contributed by atoms with Crippen LogP contribution in [0.5, 0.6) is 5.75 Å². The van der Waals surface area contributed by atoms with Gasteiger partial charge in [0, 0.05) is 0 Å². The van der Waals surface area contributed by atoms with Crippen molar-refractivity contribution >= 4 is 35.0 Å². The molecule has 1 aliphatic rings. The number of carbonyl (C=O) groups is 1. The molecule has 1 saturated heterocycles. The number of hydrogen-bond donors (Lipinski definition) is 1. The van der Waals surface area contributed by atoms with E-state index in [4.69, 9.17) is 38.0 Å². The Kier molecular flexibility index (Phi) is 5.03. The largest absolute Gasteiger partial charge is 0.488 e. The van der Waals surface area contributed by atoms with Crippen molar-refractivity contribution in [2.75, 3.05) is 13.7 Å². The van der Waals surface area contributed by atoms with Gasteiger partial charge >= 0.3 is 5.97 Å². The first-order valence-corrected chi connectivity index (χ1v) is 6.93. The van der Waals surface area contributed by atoms with Crippen molar-refractivity contribution < 1.29 is 19.0 Å². The summed E-state index contributed by atoms with van der Waals surface area (Å²) in [7, 11) is 1.31. The molecule has 1 aromatic rings. The Morgan fingerprint density at radius 1 is 1.62 bits per heavy atom. The van der Waals surface area contributed by atoms with Gasteiger partial charge in [-0.1, -0.05) is 30.3 Å². The van der Waals surface area contributed by atoms with Crippen LogP contribution >= 0.6 is 23.8 Å². The lowest BCUT2D eigenvalue weighted by Crippen LogP contribution is -2.36. The van der Waals surface area contributed by atoms with Gasteiger partial charge in [0.15, 0.2) is 12.1 Å². The minimum Gasteiger partial charge on any atom is -0.488 e. The Labute approximate surface area is 132 Å². The molecule has 1 aromatic carbocycles. The molecule has 21 heavy (non-hydrogen) atoms. The molecular weight excluding hydrogens is 314 g/mol. The highest BCUT2D eigenvalue weighted by Crippen LogP contribution is 2.33. The molecule has 0 spiro atoms. The van der Waals surface area contributed by atoms with E-state index in [0.29, 0.717) is 22.9 Å². The highest BCUT2D eigenvalue weighted by atomic mass is 35.5. The molecule has 112 valence electrons. The van der Waals surface area contributed by atoms with Crippen molar-refractivity contribution in [3.05, 3.63) is 41.4 Å². The van der Waals surface area contributed by atoms with Crippen LogP contribution in [0.4, 0.5) is 0 Å². The summed E-state index contributed by atoms with van der Waals surface area (Å²) in [6, 6.07) is 4.45. The van der Waals surface area contributed by atoms with Crippen LogP contribution < -0.4 is 10.1 Å². The van der Waals surface area contributed by atoms with Gasteiger partial charge in [0.1, 0.15) is 12.4 Å². The van der Waals surface area contributed by atoms with Crippen LogP contribution in [0.3, 0.4) is 0 Å². The lowest BCUT2D eigenvalue weighted by Gasteiger charge is -2.16. The lowest BCUT2D eigenvalue weighted by atomic mass is 10.0. The molecule has 0 saturated carbocycles. The fourth-order valence-electron chi connectivity index (χ4n) is 1.95. The summed E-state index contributed by atoms with van der Waals surface area (Å²) < 4.78 is 15.6. The molecule has 0 aromatic heterocycles. The van der Waals surface area contributed by atoms with E-state index in [1.54, 1.807) is 24.3 Å². The SMILES string of the molecule is C=CCOc1ccc([C@H]2OC(=S)N[C@@H]2C(=O)OC)cc1Cl. The number of methoxy groups -OCH3 is 1. The van der Waals surface area contributed by atoms with Crippen molar-refractivity contribution in [1.82, 2.24) is 5.32 Å². The molecule has 1 fully saturated rings. The molecule has 0 radical (unpaired) electrons. The summed E-state index contributed by atoms with van der Waals surface area (Å²) in [5.74, 6) is 0.0754. The number of rotatable bonds is 5. The third-order valence-electron chi connectivity index (χ3n) is 2.91. The first-order chi connectivity index (χ1) is 10.1. The van der Waals surface area contributed by atoms with E-state index in [1.165, 1.54) is 7.11 Å². The molecule has 2 atom stereocenters. The van der Waals surface area contributed by atoms with Crippen LogP contribution in [-0.4, -0.2) is 30.9 Å². The Hall–Kier alpha value is -1.79. The summed E-state index contributed by atoms with van der Waals surface area (Å²) in [5.41, 5.74) is 0.703. The number of nitrogens with one attached hydrogen (secondary N) is 1. The number of benzene rings is 1. The predicted molar refractivity (Wildman–Crippen MR) is 82.5 cm³/mol. The van der Waals surface area contributed by atoms with E-state index in [0.717, 1.165) is 0 Å². The van der Waals surface area contributed by atoms with E-state index in [9.17, 15) is 4.79 Å². The summed E-state index contributed by atoms with van der Waals surface area (Å²) >= 11 is 11.1. The minimum atomic E-state index is -0.696. The van der Waals surface area contributed by atoms with Gasteiger partial charge in [-0.2, -0.15) is 0 Å². The normalized spacial score (nSPS) is 20.4. The van der Waals surface area contributed by atoms with E-state index >= 15 is 0 Å². The van der Waals surface area contributed by atoms with Gasteiger partial charge in [0.2, 0.25) is 0 Å². The van der Waals surface area contributed by atoms with Crippen molar-refractivity contribution in [2.24, 2.45) is 0 Å². The molecule has 0 aliphatic carbocycles. The minimum absolute atomic E-state index is 0.151. The summed E-state index contributed by atoms with van der Waals surface area (Å²) in [5, 5.41) is 3.34. The predicted octanol–water partition coefficient (Wildman–Crippen LogP) is 2.39. The van der Waals surface area contributed by atoms with Gasteiger partial charge < -0.3 is 19.5 Å². The molecule has 0 unspecified atom stereocenters. The van der Waals surface area contributed by atoms with E-state index in [-0.39, 0.29) is 5.17 Å². The molecule has 5 nitrogen and oxygen atoms in total. The monoisotopic (exact) mass is 327 g/mol. The standard InChI is InChI=1S/C14H14ClNO4S/c1-3-6-19-10-5-4-8(7-9(10)15)12-11(13(17)18-2)16-14(21)20-12/h3-5,7,11-12H,1,6H2,2H3,(H,16,21)/t11-,12+/m0/s1. The molecule has 0 bridgehead atoms. The van der Waals surface area contributed by atoms with Crippen LogP contribution in [0.2, 0.25) is 5.02 Å². The second kappa shape index (κ2) is 6.78. The maximum Gasteiger partial charge on any atom is 0.332 e. The number of ether oxygens (including phenoxy) is 3. The molecular formula is C14H14ClNO4S. The molecule has 0 amide bonds. The number of esters is 1. The zero-order chi connectivity index (χ0) is 15.4. The topological polar surface area (TPSA) is 56.8 Å². The number of halogens is 1. The first kappa shape index (κ1) is 15.6. The second-order valence-electron chi connectivity index (χ2n) is 4.26. The summed E-state index contributed by atoms with van der Waals surface area (Å²) in [6.07, 6.45) is 1.04. The van der Waals surface area contributed by atoms with Crippen LogP contribution in [0, 0.1) is 0 Å². The van der Waals surface area contributed by atoms with Gasteiger partial charge in [0.25, 0.3) is 5.17 Å². The van der Waals surface area contributed by atoms with Crippen molar-refractivity contribution in [2.45, 2.75) is 12.1 Å². The lowest BCUT2D eigenvalue weighted by molar-refractivity contribution is -0.144. The molecule has 1 N–H and O–H groups in total. The molecule has 1 heterocycles. The molecule has 1 aliphatic heterocycles. The van der Waals surface area contributed by atoms with Gasteiger partial charge in [-0.05, 0) is 29.9 Å². The Bertz CT molecular complexity index is 578.